The van der Waals surface area contributed by atoms with Crippen LogP contribution >= 0.6 is 0 Å². The Morgan fingerprint density at radius 3 is 2.58 bits per heavy atom. The molecule has 1 aliphatic carbocycles. The van der Waals surface area contributed by atoms with Crippen LogP contribution in [-0.4, -0.2) is 41.7 Å². The van der Waals surface area contributed by atoms with Gasteiger partial charge in [0.1, 0.15) is 0 Å². The minimum atomic E-state index is -0.186. The Hall–Kier alpha value is -1.39. The maximum atomic E-state index is 12.5. The van der Waals surface area contributed by atoms with E-state index in [1.807, 2.05) is 30.3 Å². The first-order chi connectivity index (χ1) is 9.26. The number of amides is 1. The van der Waals surface area contributed by atoms with Crippen LogP contribution < -0.4 is 5.73 Å². The van der Waals surface area contributed by atoms with Crippen molar-refractivity contribution in [3.8, 4) is 0 Å². The number of carbonyl (C=O) groups excluding carboxylic acids is 1. The molecule has 3 N–H and O–H groups in total. The summed E-state index contributed by atoms with van der Waals surface area (Å²) in [5.41, 5.74) is 6.90. The Bertz CT molecular complexity index is 404. The number of aliphatic hydroxyl groups excluding tert-OH is 1. The van der Waals surface area contributed by atoms with E-state index in [1.165, 1.54) is 0 Å². The van der Waals surface area contributed by atoms with Crippen LogP contribution in [0.3, 0.4) is 0 Å². The lowest BCUT2D eigenvalue weighted by Gasteiger charge is -2.26. The summed E-state index contributed by atoms with van der Waals surface area (Å²) < 4.78 is 0. The van der Waals surface area contributed by atoms with E-state index in [0.717, 1.165) is 18.4 Å². The summed E-state index contributed by atoms with van der Waals surface area (Å²) in [6.07, 6.45) is 2.77. The van der Waals surface area contributed by atoms with E-state index in [0.29, 0.717) is 25.6 Å². The highest BCUT2D eigenvalue weighted by molar-refractivity contribution is 5.80. The molecule has 1 unspecified atom stereocenters. The maximum absolute atomic E-state index is 12.5. The fraction of sp³-hybridized carbons (Fsp3) is 0.533. The third-order valence-corrected chi connectivity index (χ3v) is 3.57. The Kier molecular flexibility index (Phi) is 4.93. The summed E-state index contributed by atoms with van der Waals surface area (Å²) in [5.74, 6) is -0.0996. The molecule has 1 aliphatic rings. The molecule has 1 aromatic carbocycles. The van der Waals surface area contributed by atoms with Crippen LogP contribution in [0.25, 0.3) is 0 Å². The number of nitrogens with zero attached hydrogens (tertiary/aromatic N) is 1. The van der Waals surface area contributed by atoms with E-state index < -0.39 is 0 Å². The van der Waals surface area contributed by atoms with Crippen LogP contribution in [0, 0.1) is 5.92 Å². The zero-order valence-corrected chi connectivity index (χ0v) is 11.2. The number of rotatable bonds is 7. The predicted octanol–water partition coefficient (Wildman–Crippen LogP) is 0.787. The van der Waals surface area contributed by atoms with Crippen molar-refractivity contribution in [2.45, 2.75) is 25.3 Å². The first-order valence-electron chi connectivity index (χ1n) is 6.91. The summed E-state index contributed by atoms with van der Waals surface area (Å²) in [7, 11) is 0. The number of carbonyl (C=O) groups is 1. The fourth-order valence-corrected chi connectivity index (χ4v) is 2.37. The molecule has 0 aliphatic heterocycles. The van der Waals surface area contributed by atoms with Gasteiger partial charge in [-0.1, -0.05) is 30.3 Å². The maximum Gasteiger partial charge on any atom is 0.227 e. The topological polar surface area (TPSA) is 66.6 Å². The molecular weight excluding hydrogens is 240 g/mol. The van der Waals surface area contributed by atoms with Crippen LogP contribution in [0.1, 0.15) is 18.4 Å². The predicted molar refractivity (Wildman–Crippen MR) is 74.5 cm³/mol. The van der Waals surface area contributed by atoms with Gasteiger partial charge in [0.05, 0.1) is 12.5 Å². The van der Waals surface area contributed by atoms with E-state index in [-0.39, 0.29) is 18.4 Å². The van der Waals surface area contributed by atoms with Crippen LogP contribution in [0.15, 0.2) is 30.3 Å². The summed E-state index contributed by atoms with van der Waals surface area (Å²) >= 11 is 0. The van der Waals surface area contributed by atoms with Crippen molar-refractivity contribution in [3.05, 3.63) is 35.9 Å². The van der Waals surface area contributed by atoms with Gasteiger partial charge in [-0.25, -0.2) is 0 Å². The molecule has 0 aromatic heterocycles. The van der Waals surface area contributed by atoms with E-state index in [1.54, 1.807) is 4.90 Å². The molecule has 2 rings (SSSR count). The van der Waals surface area contributed by atoms with E-state index in [4.69, 9.17) is 10.8 Å². The van der Waals surface area contributed by atoms with Gasteiger partial charge in [0.2, 0.25) is 5.91 Å². The first-order valence-corrected chi connectivity index (χ1v) is 6.91. The molecule has 1 fully saturated rings. The van der Waals surface area contributed by atoms with Gasteiger partial charge in [-0.3, -0.25) is 4.79 Å². The minimum Gasteiger partial charge on any atom is -0.395 e. The van der Waals surface area contributed by atoms with Crippen molar-refractivity contribution < 1.29 is 9.90 Å². The molecule has 104 valence electrons. The molecule has 0 saturated heterocycles. The van der Waals surface area contributed by atoms with Crippen molar-refractivity contribution in [1.82, 2.24) is 4.90 Å². The van der Waals surface area contributed by atoms with Crippen LogP contribution in [0.5, 0.6) is 0 Å². The Morgan fingerprint density at radius 1 is 1.37 bits per heavy atom. The Morgan fingerprint density at radius 2 is 2.05 bits per heavy atom. The summed E-state index contributed by atoms with van der Waals surface area (Å²) in [6.45, 7) is 0.794. The SMILES string of the molecule is NCC(Cc1ccccc1)C(=O)N(CCO)C1CC1. The summed E-state index contributed by atoms with van der Waals surface area (Å²) in [4.78, 5) is 14.3. The summed E-state index contributed by atoms with van der Waals surface area (Å²) in [6, 6.07) is 10.3. The van der Waals surface area contributed by atoms with E-state index in [2.05, 4.69) is 0 Å². The minimum absolute atomic E-state index is 0.0187. The molecule has 0 radical (unpaired) electrons. The van der Waals surface area contributed by atoms with E-state index >= 15 is 0 Å². The van der Waals surface area contributed by atoms with Crippen molar-refractivity contribution in [2.75, 3.05) is 19.7 Å². The molecule has 4 heteroatoms. The quantitative estimate of drug-likeness (QED) is 0.763. The largest absolute Gasteiger partial charge is 0.395 e. The molecule has 1 amide bonds. The number of nitrogens with two attached hydrogens (primary N) is 1. The molecule has 1 atom stereocenters. The van der Waals surface area contributed by atoms with Gasteiger partial charge >= 0.3 is 0 Å². The second-order valence-electron chi connectivity index (χ2n) is 5.11. The second-order valence-corrected chi connectivity index (χ2v) is 5.11. The first kappa shape index (κ1) is 14.0. The van der Waals surface area contributed by atoms with Crippen molar-refractivity contribution in [1.29, 1.82) is 0 Å². The molecule has 19 heavy (non-hydrogen) atoms. The van der Waals surface area contributed by atoms with Gasteiger partial charge < -0.3 is 15.7 Å². The van der Waals surface area contributed by atoms with Gasteiger partial charge in [0, 0.05) is 19.1 Å². The molecule has 0 spiro atoms. The number of hydrogen-bond donors (Lipinski definition) is 2. The smallest absolute Gasteiger partial charge is 0.227 e. The lowest BCUT2D eigenvalue weighted by atomic mass is 9.98. The Labute approximate surface area is 114 Å². The number of benzene rings is 1. The average molecular weight is 262 g/mol. The van der Waals surface area contributed by atoms with Crippen molar-refractivity contribution >= 4 is 5.91 Å². The number of aliphatic hydroxyl groups is 1. The highest BCUT2D eigenvalue weighted by atomic mass is 16.3. The van der Waals surface area contributed by atoms with Gasteiger partial charge in [-0.15, -0.1) is 0 Å². The van der Waals surface area contributed by atoms with Crippen LogP contribution in [0.2, 0.25) is 0 Å². The lowest BCUT2D eigenvalue weighted by Crippen LogP contribution is -2.42. The standard InChI is InChI=1S/C15H22N2O2/c16-11-13(10-12-4-2-1-3-5-12)15(19)17(8-9-18)14-6-7-14/h1-5,13-14,18H,6-11,16H2. The molecule has 1 saturated carbocycles. The normalized spacial score (nSPS) is 16.1. The van der Waals surface area contributed by atoms with Gasteiger partial charge in [0.25, 0.3) is 0 Å². The van der Waals surface area contributed by atoms with Crippen LogP contribution in [0.4, 0.5) is 0 Å². The number of hydrogen-bond acceptors (Lipinski definition) is 3. The van der Waals surface area contributed by atoms with Crippen LogP contribution in [-0.2, 0) is 11.2 Å². The average Bonchev–Trinajstić information content (AvgIpc) is 3.27. The molecule has 1 aromatic rings. The van der Waals surface area contributed by atoms with Crippen molar-refractivity contribution in [2.24, 2.45) is 11.7 Å². The Balaban J connectivity index is 2.01. The summed E-state index contributed by atoms with van der Waals surface area (Å²) in [5, 5.41) is 9.08. The van der Waals surface area contributed by atoms with E-state index in [9.17, 15) is 4.79 Å². The molecule has 4 nitrogen and oxygen atoms in total. The second kappa shape index (κ2) is 6.68. The molecular formula is C15H22N2O2. The van der Waals surface area contributed by atoms with Crippen molar-refractivity contribution in [3.63, 3.8) is 0 Å². The zero-order chi connectivity index (χ0) is 13.7. The molecule has 0 bridgehead atoms. The van der Waals surface area contributed by atoms with Gasteiger partial charge in [0.15, 0.2) is 0 Å². The highest BCUT2D eigenvalue weighted by Crippen LogP contribution is 2.28. The molecule has 0 heterocycles. The van der Waals surface area contributed by atoms with Gasteiger partial charge in [-0.2, -0.15) is 0 Å². The van der Waals surface area contributed by atoms with Gasteiger partial charge in [-0.05, 0) is 24.8 Å². The zero-order valence-electron chi connectivity index (χ0n) is 11.2. The fourth-order valence-electron chi connectivity index (χ4n) is 2.37. The highest BCUT2D eigenvalue weighted by Gasteiger charge is 2.34. The third-order valence-electron chi connectivity index (χ3n) is 3.57. The monoisotopic (exact) mass is 262 g/mol. The lowest BCUT2D eigenvalue weighted by molar-refractivity contribution is -0.136. The third kappa shape index (κ3) is 3.78.